The average Bonchev–Trinajstić information content (AvgIpc) is 2.97. The molecule has 0 saturated carbocycles. The highest BCUT2D eigenvalue weighted by atomic mass is 16.2. The Kier molecular flexibility index (Phi) is 4.93. The normalized spacial score (nSPS) is 14.2. The number of nitrogens with zero attached hydrogens (tertiary/aromatic N) is 1. The third-order valence-electron chi connectivity index (χ3n) is 5.54. The van der Waals surface area contributed by atoms with Crippen LogP contribution in [0.4, 0.5) is 11.4 Å². The monoisotopic (exact) mass is 384 g/mol. The Bertz CT molecular complexity index is 1040. The first kappa shape index (κ1) is 18.9. The number of fused-ring (bicyclic) bond motifs is 1. The Morgan fingerprint density at radius 3 is 2.28 bits per heavy atom. The van der Waals surface area contributed by atoms with Crippen LogP contribution < -0.4 is 10.2 Å². The van der Waals surface area contributed by atoms with Crippen molar-refractivity contribution in [1.82, 2.24) is 0 Å². The SMILES string of the molecule is CC1(C)C(=O)Nc2cc(C(=O)N(CCc3ccccc3)c3ccccc3)ccc21. The molecule has 0 saturated heterocycles. The van der Waals surface area contributed by atoms with Gasteiger partial charge in [0.2, 0.25) is 5.91 Å². The molecule has 1 heterocycles. The summed E-state index contributed by atoms with van der Waals surface area (Å²) in [6, 6.07) is 25.4. The van der Waals surface area contributed by atoms with Crippen LogP contribution in [0.5, 0.6) is 0 Å². The zero-order chi connectivity index (χ0) is 20.4. The number of rotatable bonds is 5. The summed E-state index contributed by atoms with van der Waals surface area (Å²) < 4.78 is 0. The lowest BCUT2D eigenvalue weighted by molar-refractivity contribution is -0.119. The lowest BCUT2D eigenvalue weighted by Crippen LogP contribution is -2.33. The van der Waals surface area contributed by atoms with E-state index in [9.17, 15) is 9.59 Å². The maximum absolute atomic E-state index is 13.4. The number of amides is 2. The summed E-state index contributed by atoms with van der Waals surface area (Å²) in [6.45, 7) is 4.36. The van der Waals surface area contributed by atoms with Gasteiger partial charge in [-0.05, 0) is 55.7 Å². The molecule has 0 atom stereocenters. The van der Waals surface area contributed by atoms with E-state index < -0.39 is 5.41 Å². The minimum absolute atomic E-state index is 0.0407. The van der Waals surface area contributed by atoms with E-state index in [1.807, 2.05) is 74.5 Å². The lowest BCUT2D eigenvalue weighted by atomic mass is 9.86. The molecule has 0 fully saturated rings. The van der Waals surface area contributed by atoms with E-state index in [1.54, 1.807) is 11.0 Å². The van der Waals surface area contributed by atoms with Crippen molar-refractivity contribution in [3.05, 3.63) is 95.6 Å². The number of carbonyl (C=O) groups is 2. The van der Waals surface area contributed by atoms with E-state index >= 15 is 0 Å². The maximum Gasteiger partial charge on any atom is 0.258 e. The van der Waals surface area contributed by atoms with Crippen molar-refractivity contribution in [2.75, 3.05) is 16.8 Å². The molecule has 0 radical (unpaired) electrons. The van der Waals surface area contributed by atoms with Gasteiger partial charge in [-0.15, -0.1) is 0 Å². The molecule has 0 unspecified atom stereocenters. The van der Waals surface area contributed by atoms with Gasteiger partial charge in [0.05, 0.1) is 5.41 Å². The summed E-state index contributed by atoms with van der Waals surface area (Å²) in [6.07, 6.45) is 0.760. The summed E-state index contributed by atoms with van der Waals surface area (Å²) in [5, 5.41) is 2.91. The number of anilines is 2. The van der Waals surface area contributed by atoms with Crippen LogP contribution in [0, 0.1) is 0 Å². The summed E-state index contributed by atoms with van der Waals surface area (Å²) in [7, 11) is 0. The van der Waals surface area contributed by atoms with Crippen LogP contribution in [0.2, 0.25) is 0 Å². The van der Waals surface area contributed by atoms with Gasteiger partial charge < -0.3 is 10.2 Å². The van der Waals surface area contributed by atoms with Gasteiger partial charge in [0.25, 0.3) is 5.91 Å². The fourth-order valence-corrected chi connectivity index (χ4v) is 3.72. The van der Waals surface area contributed by atoms with E-state index in [-0.39, 0.29) is 11.8 Å². The topological polar surface area (TPSA) is 49.4 Å². The summed E-state index contributed by atoms with van der Waals surface area (Å²) >= 11 is 0. The zero-order valence-corrected chi connectivity index (χ0v) is 16.7. The second-order valence-electron chi connectivity index (χ2n) is 7.87. The molecular formula is C25H24N2O2. The Labute approximate surface area is 171 Å². The van der Waals surface area contributed by atoms with Gasteiger partial charge in [-0.1, -0.05) is 54.6 Å². The molecule has 2 amide bonds. The fourth-order valence-electron chi connectivity index (χ4n) is 3.72. The van der Waals surface area contributed by atoms with Gasteiger partial charge in [0, 0.05) is 23.5 Å². The molecule has 3 aromatic carbocycles. The van der Waals surface area contributed by atoms with Gasteiger partial charge in [-0.2, -0.15) is 0 Å². The molecule has 0 bridgehead atoms. The number of nitrogens with one attached hydrogen (secondary N) is 1. The van der Waals surface area contributed by atoms with Crippen molar-refractivity contribution in [2.24, 2.45) is 0 Å². The minimum atomic E-state index is -0.580. The molecule has 4 nitrogen and oxygen atoms in total. The molecule has 1 N–H and O–H groups in total. The molecule has 1 aliphatic heterocycles. The van der Waals surface area contributed by atoms with Gasteiger partial charge in [-0.25, -0.2) is 0 Å². The number of hydrogen-bond acceptors (Lipinski definition) is 2. The molecule has 0 aliphatic carbocycles. The van der Waals surface area contributed by atoms with Gasteiger partial charge in [-0.3, -0.25) is 9.59 Å². The van der Waals surface area contributed by atoms with Crippen molar-refractivity contribution < 1.29 is 9.59 Å². The lowest BCUT2D eigenvalue weighted by Gasteiger charge is -2.23. The Balaban J connectivity index is 1.64. The van der Waals surface area contributed by atoms with Crippen LogP contribution in [-0.2, 0) is 16.6 Å². The van der Waals surface area contributed by atoms with Crippen molar-refractivity contribution in [2.45, 2.75) is 25.7 Å². The van der Waals surface area contributed by atoms with Crippen LogP contribution in [0.25, 0.3) is 0 Å². The average molecular weight is 384 g/mol. The second-order valence-corrected chi connectivity index (χ2v) is 7.87. The predicted octanol–water partition coefficient (Wildman–Crippen LogP) is 4.81. The Morgan fingerprint density at radius 2 is 1.59 bits per heavy atom. The van der Waals surface area contributed by atoms with Crippen LogP contribution in [0.1, 0.15) is 35.3 Å². The van der Waals surface area contributed by atoms with E-state index in [2.05, 4.69) is 17.4 Å². The molecule has 4 heteroatoms. The molecule has 29 heavy (non-hydrogen) atoms. The van der Waals surface area contributed by atoms with Crippen LogP contribution in [-0.4, -0.2) is 18.4 Å². The van der Waals surface area contributed by atoms with Crippen molar-refractivity contribution in [3.63, 3.8) is 0 Å². The van der Waals surface area contributed by atoms with Crippen molar-refractivity contribution >= 4 is 23.2 Å². The number of carbonyl (C=O) groups excluding carboxylic acids is 2. The molecule has 146 valence electrons. The zero-order valence-electron chi connectivity index (χ0n) is 16.7. The van der Waals surface area contributed by atoms with Gasteiger partial charge in [0.15, 0.2) is 0 Å². The highest BCUT2D eigenvalue weighted by molar-refractivity contribution is 6.10. The van der Waals surface area contributed by atoms with Gasteiger partial charge >= 0.3 is 0 Å². The summed E-state index contributed by atoms with van der Waals surface area (Å²) in [5.41, 5.74) is 3.68. The van der Waals surface area contributed by atoms with Gasteiger partial charge in [0.1, 0.15) is 0 Å². The third kappa shape index (κ3) is 3.66. The first-order chi connectivity index (χ1) is 14.0. The smallest absolute Gasteiger partial charge is 0.258 e. The molecule has 0 aromatic heterocycles. The molecule has 0 spiro atoms. The number of para-hydroxylation sites is 1. The summed E-state index contributed by atoms with van der Waals surface area (Å²) in [5.74, 6) is -0.116. The largest absolute Gasteiger partial charge is 0.325 e. The first-order valence-corrected chi connectivity index (χ1v) is 9.83. The second kappa shape index (κ2) is 7.55. The van der Waals surface area contributed by atoms with Crippen LogP contribution in [0.3, 0.4) is 0 Å². The molecule has 3 aromatic rings. The van der Waals surface area contributed by atoms with Crippen LogP contribution in [0.15, 0.2) is 78.9 Å². The predicted molar refractivity (Wildman–Crippen MR) is 116 cm³/mol. The van der Waals surface area contributed by atoms with E-state index in [0.29, 0.717) is 12.1 Å². The van der Waals surface area contributed by atoms with Crippen LogP contribution >= 0.6 is 0 Å². The molecular weight excluding hydrogens is 360 g/mol. The van der Waals surface area contributed by atoms with Crippen molar-refractivity contribution in [1.29, 1.82) is 0 Å². The standard InChI is InChI=1S/C25H24N2O2/c1-25(2)21-14-13-19(17-22(21)26-24(25)29)23(28)27(20-11-7-4-8-12-20)16-15-18-9-5-3-6-10-18/h3-14,17H,15-16H2,1-2H3,(H,26,29). The van der Waals surface area contributed by atoms with E-state index in [1.165, 1.54) is 5.56 Å². The van der Waals surface area contributed by atoms with Crippen molar-refractivity contribution in [3.8, 4) is 0 Å². The molecule has 4 rings (SSSR count). The highest BCUT2D eigenvalue weighted by Gasteiger charge is 2.38. The third-order valence-corrected chi connectivity index (χ3v) is 5.54. The van der Waals surface area contributed by atoms with E-state index in [0.717, 1.165) is 23.4 Å². The minimum Gasteiger partial charge on any atom is -0.325 e. The maximum atomic E-state index is 13.4. The Hall–Kier alpha value is -3.40. The number of hydrogen-bond donors (Lipinski definition) is 1. The number of benzene rings is 3. The van der Waals surface area contributed by atoms with E-state index in [4.69, 9.17) is 0 Å². The quantitative estimate of drug-likeness (QED) is 0.687. The first-order valence-electron chi connectivity index (χ1n) is 9.83. The Morgan fingerprint density at radius 1 is 0.931 bits per heavy atom. The summed E-state index contributed by atoms with van der Waals surface area (Å²) in [4.78, 5) is 27.5. The fraction of sp³-hybridized carbons (Fsp3) is 0.200. The molecule has 1 aliphatic rings. The highest BCUT2D eigenvalue weighted by Crippen LogP contribution is 2.38.